The van der Waals surface area contributed by atoms with Gasteiger partial charge in [0, 0.05) is 5.92 Å². The number of nitrogens with zero attached hydrogens (tertiary/aromatic N) is 3. The van der Waals surface area contributed by atoms with Gasteiger partial charge >= 0.3 is 0 Å². The Morgan fingerprint density at radius 2 is 2.04 bits per heavy atom. The average Bonchev–Trinajstić information content (AvgIpc) is 2.98. The molecule has 0 saturated heterocycles. The molecule has 122 valence electrons. The van der Waals surface area contributed by atoms with Crippen LogP contribution >= 0.6 is 23.4 Å². The molecule has 7 heteroatoms. The lowest BCUT2D eigenvalue weighted by atomic mass is 9.88. The van der Waals surface area contributed by atoms with Crippen molar-refractivity contribution in [2.45, 2.75) is 43.2 Å². The van der Waals surface area contributed by atoms with E-state index in [9.17, 15) is 4.79 Å². The van der Waals surface area contributed by atoms with Crippen LogP contribution < -0.4 is 5.73 Å². The molecule has 1 aliphatic carbocycles. The van der Waals surface area contributed by atoms with E-state index in [-0.39, 0.29) is 11.7 Å². The van der Waals surface area contributed by atoms with Crippen LogP contribution in [0.15, 0.2) is 29.4 Å². The summed E-state index contributed by atoms with van der Waals surface area (Å²) in [5.74, 6) is 1.12. The number of halogens is 1. The molecule has 1 aromatic heterocycles. The smallest absolute Gasteiger partial charge is 0.227 e. The van der Waals surface area contributed by atoms with Gasteiger partial charge in [0.25, 0.3) is 0 Å². The maximum Gasteiger partial charge on any atom is 0.227 e. The number of amides is 1. The number of para-hydroxylation sites is 1. The van der Waals surface area contributed by atoms with Gasteiger partial charge in [0.2, 0.25) is 11.1 Å². The quantitative estimate of drug-likeness (QED) is 0.837. The molecule has 1 heterocycles. The maximum atomic E-state index is 11.0. The summed E-state index contributed by atoms with van der Waals surface area (Å²) in [4.78, 5) is 15.7. The van der Waals surface area contributed by atoms with Crippen molar-refractivity contribution in [1.82, 2.24) is 14.8 Å². The van der Waals surface area contributed by atoms with Crippen LogP contribution in [0.1, 0.15) is 43.8 Å². The van der Waals surface area contributed by atoms with Crippen LogP contribution in [0.5, 0.6) is 0 Å². The van der Waals surface area contributed by atoms with Gasteiger partial charge in [-0.05, 0) is 25.0 Å². The highest BCUT2D eigenvalue weighted by Gasteiger charge is 2.24. The Kier molecular flexibility index (Phi) is 5.23. The van der Waals surface area contributed by atoms with Gasteiger partial charge in [0.15, 0.2) is 0 Å². The highest BCUT2D eigenvalue weighted by Crippen LogP contribution is 2.34. The summed E-state index contributed by atoms with van der Waals surface area (Å²) >= 11 is 7.60. The lowest BCUT2D eigenvalue weighted by Gasteiger charge is -2.21. The van der Waals surface area contributed by atoms with Crippen molar-refractivity contribution < 1.29 is 4.79 Å². The molecule has 2 N–H and O–H groups in total. The van der Waals surface area contributed by atoms with Crippen molar-refractivity contribution in [2.24, 2.45) is 5.73 Å². The van der Waals surface area contributed by atoms with E-state index in [2.05, 4.69) is 10.1 Å². The Morgan fingerprint density at radius 3 is 2.74 bits per heavy atom. The molecule has 0 bridgehead atoms. The number of hydrogen-bond donors (Lipinski definition) is 1. The molecule has 2 aromatic rings. The van der Waals surface area contributed by atoms with E-state index in [0.29, 0.717) is 16.1 Å². The van der Waals surface area contributed by atoms with Gasteiger partial charge < -0.3 is 5.73 Å². The fourth-order valence-electron chi connectivity index (χ4n) is 2.93. The minimum absolute atomic E-state index is 0.177. The monoisotopic (exact) mass is 350 g/mol. The molecule has 1 aliphatic rings. The first-order chi connectivity index (χ1) is 11.1. The number of rotatable bonds is 5. The molecule has 1 saturated carbocycles. The molecule has 3 rings (SSSR count). The predicted octanol–water partition coefficient (Wildman–Crippen LogP) is 3.55. The fraction of sp³-hybridized carbons (Fsp3) is 0.438. The largest absolute Gasteiger partial charge is 0.369 e. The van der Waals surface area contributed by atoms with Crippen molar-refractivity contribution in [3.63, 3.8) is 0 Å². The second-order valence-corrected chi connectivity index (χ2v) is 7.06. The average molecular weight is 351 g/mol. The van der Waals surface area contributed by atoms with Crippen LogP contribution in [-0.4, -0.2) is 26.4 Å². The zero-order valence-corrected chi connectivity index (χ0v) is 14.3. The van der Waals surface area contributed by atoms with E-state index in [4.69, 9.17) is 17.3 Å². The van der Waals surface area contributed by atoms with Crippen molar-refractivity contribution in [2.75, 3.05) is 5.75 Å². The summed E-state index contributed by atoms with van der Waals surface area (Å²) in [6, 6.07) is 7.61. The van der Waals surface area contributed by atoms with Gasteiger partial charge in [-0.1, -0.05) is 54.8 Å². The van der Waals surface area contributed by atoms with E-state index >= 15 is 0 Å². The third-order valence-electron chi connectivity index (χ3n) is 4.01. The molecule has 0 radical (unpaired) electrons. The van der Waals surface area contributed by atoms with E-state index in [0.717, 1.165) is 24.4 Å². The van der Waals surface area contributed by atoms with Gasteiger partial charge in [-0.15, -0.1) is 5.10 Å². The lowest BCUT2D eigenvalue weighted by molar-refractivity contribution is -0.115. The third kappa shape index (κ3) is 3.87. The normalized spacial score (nSPS) is 15.7. The van der Waals surface area contributed by atoms with Crippen LogP contribution in [-0.2, 0) is 4.79 Å². The van der Waals surface area contributed by atoms with Gasteiger partial charge in [-0.3, -0.25) is 4.79 Å². The highest BCUT2D eigenvalue weighted by atomic mass is 35.5. The Labute approximate surface area is 144 Å². The van der Waals surface area contributed by atoms with Crippen molar-refractivity contribution in [3.8, 4) is 5.69 Å². The Morgan fingerprint density at radius 1 is 1.30 bits per heavy atom. The number of thioether (sulfide) groups is 1. The van der Waals surface area contributed by atoms with Crippen molar-refractivity contribution in [1.29, 1.82) is 0 Å². The molecule has 1 fully saturated rings. The first-order valence-electron chi connectivity index (χ1n) is 7.78. The minimum Gasteiger partial charge on any atom is -0.369 e. The van der Waals surface area contributed by atoms with Gasteiger partial charge in [-0.2, -0.15) is 0 Å². The minimum atomic E-state index is -0.372. The van der Waals surface area contributed by atoms with E-state index in [1.54, 1.807) is 0 Å². The molecule has 0 spiro atoms. The number of aromatic nitrogens is 3. The zero-order chi connectivity index (χ0) is 16.2. The number of carbonyl (C=O) groups is 1. The van der Waals surface area contributed by atoms with E-state index in [1.165, 1.54) is 31.0 Å². The van der Waals surface area contributed by atoms with Crippen LogP contribution in [0.2, 0.25) is 5.02 Å². The van der Waals surface area contributed by atoms with Gasteiger partial charge in [0.1, 0.15) is 5.82 Å². The van der Waals surface area contributed by atoms with Crippen LogP contribution in [0.3, 0.4) is 0 Å². The topological polar surface area (TPSA) is 73.8 Å². The first-order valence-corrected chi connectivity index (χ1v) is 9.14. The van der Waals surface area contributed by atoms with Crippen LogP contribution in [0, 0.1) is 0 Å². The molecule has 1 amide bonds. The Bertz CT molecular complexity index is 697. The summed E-state index contributed by atoms with van der Waals surface area (Å²) in [5.41, 5.74) is 6.05. The molecule has 0 unspecified atom stereocenters. The maximum absolute atomic E-state index is 11.0. The summed E-state index contributed by atoms with van der Waals surface area (Å²) in [6.45, 7) is 0. The SMILES string of the molecule is NC(=O)CSc1nc(C2CCCCC2)n(-c2ccccc2Cl)n1. The Hall–Kier alpha value is -1.53. The standard InChI is InChI=1S/C16H19ClN4OS/c17-12-8-4-5-9-13(12)21-15(11-6-2-1-3-7-11)19-16(20-21)23-10-14(18)22/h4-5,8-9,11H,1-3,6-7,10H2,(H2,18,22). The first kappa shape index (κ1) is 16.3. The molecule has 0 aliphatic heterocycles. The second-order valence-electron chi connectivity index (χ2n) is 5.71. The summed E-state index contributed by atoms with van der Waals surface area (Å²) in [7, 11) is 0. The number of nitrogens with two attached hydrogens (primary N) is 1. The summed E-state index contributed by atoms with van der Waals surface area (Å²) < 4.78 is 1.83. The Balaban J connectivity index is 1.97. The fourth-order valence-corrected chi connectivity index (χ4v) is 3.71. The number of primary amides is 1. The lowest BCUT2D eigenvalue weighted by Crippen LogP contribution is -2.13. The molecule has 23 heavy (non-hydrogen) atoms. The summed E-state index contributed by atoms with van der Waals surface area (Å²) in [6.07, 6.45) is 5.93. The van der Waals surface area contributed by atoms with E-state index < -0.39 is 0 Å². The summed E-state index contributed by atoms with van der Waals surface area (Å²) in [5, 5.41) is 5.78. The van der Waals surface area contributed by atoms with Crippen LogP contribution in [0.25, 0.3) is 5.69 Å². The van der Waals surface area contributed by atoms with Gasteiger partial charge in [0.05, 0.1) is 16.5 Å². The molecule has 1 aromatic carbocycles. The second kappa shape index (κ2) is 7.36. The third-order valence-corrected chi connectivity index (χ3v) is 5.19. The number of hydrogen-bond acceptors (Lipinski definition) is 4. The zero-order valence-electron chi connectivity index (χ0n) is 12.7. The molecular weight excluding hydrogens is 332 g/mol. The number of carbonyl (C=O) groups excluding carboxylic acids is 1. The molecular formula is C16H19ClN4OS. The molecule has 0 atom stereocenters. The van der Waals surface area contributed by atoms with Gasteiger partial charge in [-0.25, -0.2) is 9.67 Å². The van der Waals surface area contributed by atoms with Crippen molar-refractivity contribution in [3.05, 3.63) is 35.1 Å². The highest BCUT2D eigenvalue weighted by molar-refractivity contribution is 7.99. The van der Waals surface area contributed by atoms with Crippen molar-refractivity contribution >= 4 is 29.3 Å². The van der Waals surface area contributed by atoms with Crippen LogP contribution in [0.4, 0.5) is 0 Å². The molecule has 5 nitrogen and oxygen atoms in total. The number of benzene rings is 1. The predicted molar refractivity (Wildman–Crippen MR) is 92.1 cm³/mol. The van der Waals surface area contributed by atoms with E-state index in [1.807, 2.05) is 28.9 Å².